The summed E-state index contributed by atoms with van der Waals surface area (Å²) < 4.78 is 1.55. The highest BCUT2D eigenvalue weighted by molar-refractivity contribution is 6.12. The number of nitrogens with one attached hydrogen (secondary N) is 1. The van der Waals surface area contributed by atoms with Crippen molar-refractivity contribution in [3.05, 3.63) is 107 Å². The van der Waals surface area contributed by atoms with Crippen LogP contribution in [0, 0.1) is 11.3 Å². The number of carboxylic acid groups (broad SMARTS) is 1. The van der Waals surface area contributed by atoms with E-state index in [9.17, 15) is 24.8 Å². The zero-order valence-electron chi connectivity index (χ0n) is 17.9. The molecule has 2 N–H and O–H groups in total. The van der Waals surface area contributed by atoms with Gasteiger partial charge in [0.2, 0.25) is 0 Å². The van der Waals surface area contributed by atoms with Crippen molar-refractivity contribution in [2.24, 2.45) is 0 Å². The van der Waals surface area contributed by atoms with E-state index in [-0.39, 0.29) is 17.9 Å². The second-order valence-corrected chi connectivity index (χ2v) is 7.52. The zero-order valence-corrected chi connectivity index (χ0v) is 17.9. The van der Waals surface area contributed by atoms with Crippen LogP contribution in [0.25, 0.3) is 17.0 Å². The lowest BCUT2D eigenvalue weighted by Gasteiger charge is -2.07. The molecule has 4 aromatic rings. The van der Waals surface area contributed by atoms with E-state index in [1.165, 1.54) is 6.08 Å². The number of hydrogen-bond acceptors (Lipinski definition) is 4. The Morgan fingerprint density at radius 1 is 0.941 bits per heavy atom. The lowest BCUT2D eigenvalue weighted by molar-refractivity contribution is -0.137. The molecule has 3 aromatic carbocycles. The van der Waals surface area contributed by atoms with Gasteiger partial charge in [-0.2, -0.15) is 5.26 Å². The van der Waals surface area contributed by atoms with Crippen molar-refractivity contribution in [2.45, 2.75) is 6.54 Å². The van der Waals surface area contributed by atoms with Gasteiger partial charge in [0, 0.05) is 39.5 Å². The van der Waals surface area contributed by atoms with E-state index >= 15 is 0 Å². The minimum Gasteiger partial charge on any atom is -0.480 e. The standard InChI is InChI=1S/C27H19N3O4/c28-15-20(13-21-16-30(17-25(31)32)24-12-5-4-11-23(21)24)27(34)29-22-10-6-9-19(14-22)26(33)18-7-2-1-3-8-18/h1-14,16H,17H2,(H,29,34)(H,31,32)/b20-13+. The monoisotopic (exact) mass is 449 g/mol. The Bertz CT molecular complexity index is 1480. The Kier molecular flexibility index (Phi) is 6.33. The van der Waals surface area contributed by atoms with E-state index in [0.717, 1.165) is 5.39 Å². The average Bonchev–Trinajstić information content (AvgIpc) is 3.19. The van der Waals surface area contributed by atoms with Crippen LogP contribution in [-0.4, -0.2) is 27.3 Å². The van der Waals surface area contributed by atoms with Crippen molar-refractivity contribution >= 4 is 40.3 Å². The molecule has 0 unspecified atom stereocenters. The van der Waals surface area contributed by atoms with Crippen LogP contribution in [-0.2, 0) is 16.1 Å². The molecule has 7 nitrogen and oxygen atoms in total. The molecule has 1 heterocycles. The molecule has 0 aliphatic carbocycles. The molecule has 0 fully saturated rings. The van der Waals surface area contributed by atoms with E-state index in [0.29, 0.717) is 27.9 Å². The van der Waals surface area contributed by atoms with Gasteiger partial charge in [-0.1, -0.05) is 60.7 Å². The molecule has 0 aliphatic rings. The van der Waals surface area contributed by atoms with Crippen LogP contribution in [0.2, 0.25) is 0 Å². The van der Waals surface area contributed by atoms with Crippen molar-refractivity contribution in [3.8, 4) is 6.07 Å². The van der Waals surface area contributed by atoms with Gasteiger partial charge in [-0.3, -0.25) is 14.4 Å². The number of aliphatic carboxylic acids is 1. The summed E-state index contributed by atoms with van der Waals surface area (Å²) in [6.45, 7) is -0.245. The normalized spacial score (nSPS) is 11.1. The lowest BCUT2D eigenvalue weighted by atomic mass is 10.0. The molecular weight excluding hydrogens is 430 g/mol. The summed E-state index contributed by atoms with van der Waals surface area (Å²) >= 11 is 0. The topological polar surface area (TPSA) is 112 Å². The number of amides is 1. The Balaban J connectivity index is 1.61. The zero-order chi connectivity index (χ0) is 24.1. The van der Waals surface area contributed by atoms with Crippen LogP contribution >= 0.6 is 0 Å². The predicted molar refractivity (Wildman–Crippen MR) is 128 cm³/mol. The van der Waals surface area contributed by atoms with E-state index in [1.807, 2.05) is 12.1 Å². The molecule has 0 saturated heterocycles. The molecule has 0 radical (unpaired) electrons. The number of rotatable bonds is 7. The van der Waals surface area contributed by atoms with E-state index in [1.54, 1.807) is 83.6 Å². The maximum absolute atomic E-state index is 12.8. The van der Waals surface area contributed by atoms with E-state index < -0.39 is 11.9 Å². The number of anilines is 1. The minimum absolute atomic E-state index is 0.155. The van der Waals surface area contributed by atoms with Crippen LogP contribution in [0.3, 0.4) is 0 Å². The molecule has 34 heavy (non-hydrogen) atoms. The van der Waals surface area contributed by atoms with E-state index in [4.69, 9.17) is 0 Å². The van der Waals surface area contributed by atoms with Gasteiger partial charge in [0.25, 0.3) is 5.91 Å². The van der Waals surface area contributed by atoms with Crippen molar-refractivity contribution in [3.63, 3.8) is 0 Å². The molecule has 0 bridgehead atoms. The maximum Gasteiger partial charge on any atom is 0.323 e. The number of carbonyl (C=O) groups is 3. The summed E-state index contributed by atoms with van der Waals surface area (Å²) in [7, 11) is 0. The third kappa shape index (κ3) is 4.76. The van der Waals surface area contributed by atoms with Gasteiger partial charge in [0.05, 0.1) is 0 Å². The van der Waals surface area contributed by atoms with Crippen LogP contribution in [0.5, 0.6) is 0 Å². The SMILES string of the molecule is N#C/C(=C\c1cn(CC(=O)O)c2ccccc12)C(=O)Nc1cccc(C(=O)c2ccccc2)c1. The minimum atomic E-state index is -1.00. The summed E-state index contributed by atoms with van der Waals surface area (Å²) in [5.74, 6) is -1.82. The van der Waals surface area contributed by atoms with Crippen molar-refractivity contribution in [2.75, 3.05) is 5.32 Å². The smallest absolute Gasteiger partial charge is 0.323 e. The number of benzene rings is 3. The first-order chi connectivity index (χ1) is 16.5. The van der Waals surface area contributed by atoms with Gasteiger partial charge >= 0.3 is 5.97 Å². The van der Waals surface area contributed by atoms with Crippen LogP contribution in [0.4, 0.5) is 5.69 Å². The Morgan fingerprint density at radius 3 is 2.38 bits per heavy atom. The van der Waals surface area contributed by atoms with Crippen molar-refractivity contribution < 1.29 is 19.5 Å². The second-order valence-electron chi connectivity index (χ2n) is 7.52. The molecule has 166 valence electrons. The molecule has 4 rings (SSSR count). The van der Waals surface area contributed by atoms with Crippen LogP contribution < -0.4 is 5.32 Å². The molecule has 1 amide bonds. The number of carboxylic acids is 1. The molecule has 1 aromatic heterocycles. The van der Waals surface area contributed by atoms with Gasteiger partial charge < -0.3 is 15.0 Å². The average molecular weight is 449 g/mol. The van der Waals surface area contributed by atoms with Crippen LogP contribution in [0.1, 0.15) is 21.5 Å². The number of para-hydroxylation sites is 1. The fourth-order valence-electron chi connectivity index (χ4n) is 3.66. The number of nitriles is 1. The fraction of sp³-hybridized carbons (Fsp3) is 0.0370. The molecule has 0 saturated carbocycles. The number of aromatic nitrogens is 1. The molecule has 0 aliphatic heterocycles. The van der Waals surface area contributed by atoms with Gasteiger partial charge in [0.1, 0.15) is 18.2 Å². The fourth-order valence-corrected chi connectivity index (χ4v) is 3.66. The third-order valence-corrected chi connectivity index (χ3v) is 5.21. The molecule has 0 atom stereocenters. The lowest BCUT2D eigenvalue weighted by Crippen LogP contribution is -2.14. The molecular formula is C27H19N3O4. The van der Waals surface area contributed by atoms with Crippen molar-refractivity contribution in [1.29, 1.82) is 5.26 Å². The first kappa shape index (κ1) is 22.2. The summed E-state index contributed by atoms with van der Waals surface area (Å²) in [4.78, 5) is 36.7. The van der Waals surface area contributed by atoms with Gasteiger partial charge in [-0.05, 0) is 24.3 Å². The summed E-state index contributed by atoms with van der Waals surface area (Å²) in [5, 5.41) is 22.2. The highest BCUT2D eigenvalue weighted by atomic mass is 16.4. The maximum atomic E-state index is 12.8. The highest BCUT2D eigenvalue weighted by Crippen LogP contribution is 2.24. The second kappa shape index (κ2) is 9.67. The number of carbonyl (C=O) groups excluding carboxylic acids is 2. The number of hydrogen-bond donors (Lipinski definition) is 2. The van der Waals surface area contributed by atoms with Crippen LogP contribution in [0.15, 0.2) is 90.6 Å². The Morgan fingerprint density at radius 2 is 1.65 bits per heavy atom. The third-order valence-electron chi connectivity index (χ3n) is 5.21. The summed E-state index contributed by atoms with van der Waals surface area (Å²) in [5.41, 5.74) is 2.39. The highest BCUT2D eigenvalue weighted by Gasteiger charge is 2.15. The number of fused-ring (bicyclic) bond motifs is 1. The summed E-state index contributed by atoms with van der Waals surface area (Å²) in [6.07, 6.45) is 3.03. The van der Waals surface area contributed by atoms with Crippen molar-refractivity contribution in [1.82, 2.24) is 4.57 Å². The Labute approximate surface area is 195 Å². The number of nitrogens with zero attached hydrogens (tertiary/aromatic N) is 2. The number of ketones is 1. The predicted octanol–water partition coefficient (Wildman–Crippen LogP) is 4.50. The van der Waals surface area contributed by atoms with Gasteiger partial charge in [-0.15, -0.1) is 0 Å². The Hall–Kier alpha value is -4.96. The van der Waals surface area contributed by atoms with Gasteiger partial charge in [-0.25, -0.2) is 0 Å². The first-order valence-corrected chi connectivity index (χ1v) is 10.4. The van der Waals surface area contributed by atoms with Gasteiger partial charge in [0.15, 0.2) is 5.78 Å². The molecule has 0 spiro atoms. The quantitative estimate of drug-likeness (QED) is 0.245. The molecule has 7 heteroatoms. The first-order valence-electron chi connectivity index (χ1n) is 10.4. The largest absolute Gasteiger partial charge is 0.480 e. The van der Waals surface area contributed by atoms with E-state index in [2.05, 4.69) is 5.32 Å². The summed E-state index contributed by atoms with van der Waals surface area (Å²) in [6, 6.07) is 24.4.